The van der Waals surface area contributed by atoms with Crippen molar-refractivity contribution in [3.8, 4) is 0 Å². The number of rotatable bonds is 4. The SMILES string of the molecule is O=C(O)c1ccc(NC[C@@H]2CCCO2)nc1. The lowest BCUT2D eigenvalue weighted by Gasteiger charge is -2.10. The molecule has 2 N–H and O–H groups in total. The number of hydrogen-bond acceptors (Lipinski definition) is 4. The van der Waals surface area contributed by atoms with Gasteiger partial charge < -0.3 is 15.2 Å². The van der Waals surface area contributed by atoms with E-state index >= 15 is 0 Å². The van der Waals surface area contributed by atoms with E-state index in [1.54, 1.807) is 6.07 Å². The van der Waals surface area contributed by atoms with Gasteiger partial charge in [0.1, 0.15) is 5.82 Å². The summed E-state index contributed by atoms with van der Waals surface area (Å²) in [4.78, 5) is 14.6. The van der Waals surface area contributed by atoms with E-state index < -0.39 is 5.97 Å². The topological polar surface area (TPSA) is 71.5 Å². The Balaban J connectivity index is 1.87. The summed E-state index contributed by atoms with van der Waals surface area (Å²) in [6.45, 7) is 1.55. The number of hydrogen-bond donors (Lipinski definition) is 2. The van der Waals surface area contributed by atoms with Crippen LogP contribution in [0.15, 0.2) is 18.3 Å². The van der Waals surface area contributed by atoms with Crippen LogP contribution in [0.3, 0.4) is 0 Å². The molecule has 86 valence electrons. The molecule has 1 atom stereocenters. The molecule has 5 nitrogen and oxygen atoms in total. The first kappa shape index (κ1) is 10.9. The smallest absolute Gasteiger partial charge is 0.337 e. The minimum absolute atomic E-state index is 0.197. The van der Waals surface area contributed by atoms with Crippen LogP contribution < -0.4 is 5.32 Å². The largest absolute Gasteiger partial charge is 0.478 e. The van der Waals surface area contributed by atoms with E-state index in [1.807, 2.05) is 0 Å². The minimum Gasteiger partial charge on any atom is -0.478 e. The quantitative estimate of drug-likeness (QED) is 0.805. The molecule has 0 amide bonds. The summed E-state index contributed by atoms with van der Waals surface area (Å²) in [5.41, 5.74) is 0.197. The highest BCUT2D eigenvalue weighted by molar-refractivity contribution is 5.87. The zero-order valence-corrected chi connectivity index (χ0v) is 8.85. The monoisotopic (exact) mass is 222 g/mol. The Kier molecular flexibility index (Phi) is 3.36. The first-order valence-electron chi connectivity index (χ1n) is 5.30. The van der Waals surface area contributed by atoms with Crippen molar-refractivity contribution in [3.63, 3.8) is 0 Å². The molecule has 0 aromatic carbocycles. The van der Waals surface area contributed by atoms with E-state index in [0.717, 1.165) is 26.0 Å². The molecule has 1 fully saturated rings. The number of pyridine rings is 1. The van der Waals surface area contributed by atoms with Gasteiger partial charge in [0.15, 0.2) is 0 Å². The number of nitrogens with one attached hydrogen (secondary N) is 1. The van der Waals surface area contributed by atoms with Gasteiger partial charge in [-0.3, -0.25) is 0 Å². The van der Waals surface area contributed by atoms with Crippen molar-refractivity contribution in [2.24, 2.45) is 0 Å². The molecule has 2 heterocycles. The molecule has 2 rings (SSSR count). The first-order valence-corrected chi connectivity index (χ1v) is 5.30. The van der Waals surface area contributed by atoms with Gasteiger partial charge in [0.05, 0.1) is 11.7 Å². The molecule has 1 saturated heterocycles. The Bertz CT molecular complexity index is 358. The first-order chi connectivity index (χ1) is 7.75. The summed E-state index contributed by atoms with van der Waals surface area (Å²) in [6.07, 6.45) is 3.78. The van der Waals surface area contributed by atoms with Crippen molar-refractivity contribution < 1.29 is 14.6 Å². The maximum absolute atomic E-state index is 10.6. The van der Waals surface area contributed by atoms with Crippen LogP contribution in [0.5, 0.6) is 0 Å². The Morgan fingerprint density at radius 2 is 2.50 bits per heavy atom. The summed E-state index contributed by atoms with van der Waals surface area (Å²) in [6, 6.07) is 3.20. The van der Waals surface area contributed by atoms with Crippen molar-refractivity contribution in [2.75, 3.05) is 18.5 Å². The Hall–Kier alpha value is -1.62. The van der Waals surface area contributed by atoms with Gasteiger partial charge in [-0.25, -0.2) is 9.78 Å². The zero-order valence-electron chi connectivity index (χ0n) is 8.85. The van der Waals surface area contributed by atoms with Crippen LogP contribution in [-0.2, 0) is 4.74 Å². The second kappa shape index (κ2) is 4.94. The second-order valence-electron chi connectivity index (χ2n) is 3.75. The van der Waals surface area contributed by atoms with Gasteiger partial charge in [0, 0.05) is 19.3 Å². The lowest BCUT2D eigenvalue weighted by molar-refractivity contribution is 0.0696. The van der Waals surface area contributed by atoms with E-state index in [4.69, 9.17) is 9.84 Å². The number of carboxylic acids is 1. The minimum atomic E-state index is -0.960. The fraction of sp³-hybridized carbons (Fsp3) is 0.455. The van der Waals surface area contributed by atoms with E-state index in [0.29, 0.717) is 5.82 Å². The molecule has 0 unspecified atom stereocenters. The summed E-state index contributed by atoms with van der Waals surface area (Å²) >= 11 is 0. The zero-order chi connectivity index (χ0) is 11.4. The fourth-order valence-corrected chi connectivity index (χ4v) is 1.65. The van der Waals surface area contributed by atoms with Gasteiger partial charge in [0.2, 0.25) is 0 Å². The van der Waals surface area contributed by atoms with E-state index in [2.05, 4.69) is 10.3 Å². The van der Waals surface area contributed by atoms with Crippen molar-refractivity contribution >= 4 is 11.8 Å². The highest BCUT2D eigenvalue weighted by atomic mass is 16.5. The van der Waals surface area contributed by atoms with Gasteiger partial charge >= 0.3 is 5.97 Å². The van der Waals surface area contributed by atoms with Crippen molar-refractivity contribution in [1.29, 1.82) is 0 Å². The highest BCUT2D eigenvalue weighted by Crippen LogP contribution is 2.13. The second-order valence-corrected chi connectivity index (χ2v) is 3.75. The number of aromatic carboxylic acids is 1. The predicted octanol–water partition coefficient (Wildman–Crippen LogP) is 1.37. The van der Waals surface area contributed by atoms with Crippen molar-refractivity contribution in [1.82, 2.24) is 4.98 Å². The van der Waals surface area contributed by atoms with Gasteiger partial charge in [-0.05, 0) is 25.0 Å². The van der Waals surface area contributed by atoms with Crippen LogP contribution in [0.25, 0.3) is 0 Å². The number of ether oxygens (including phenoxy) is 1. The molecule has 1 aliphatic rings. The molecule has 0 spiro atoms. The van der Waals surface area contributed by atoms with E-state index in [-0.39, 0.29) is 11.7 Å². The van der Waals surface area contributed by atoms with Crippen LogP contribution >= 0.6 is 0 Å². The van der Waals surface area contributed by atoms with E-state index in [1.165, 1.54) is 12.3 Å². The van der Waals surface area contributed by atoms with Crippen LogP contribution in [0, 0.1) is 0 Å². The maximum Gasteiger partial charge on any atom is 0.337 e. The molecule has 0 radical (unpaired) electrons. The van der Waals surface area contributed by atoms with Crippen molar-refractivity contribution in [2.45, 2.75) is 18.9 Å². The maximum atomic E-state index is 10.6. The Labute approximate surface area is 93.5 Å². The molecule has 1 aromatic rings. The fourth-order valence-electron chi connectivity index (χ4n) is 1.65. The highest BCUT2D eigenvalue weighted by Gasteiger charge is 2.14. The Morgan fingerprint density at radius 3 is 3.06 bits per heavy atom. The third kappa shape index (κ3) is 2.70. The number of aromatic nitrogens is 1. The Morgan fingerprint density at radius 1 is 1.62 bits per heavy atom. The number of carbonyl (C=O) groups is 1. The molecule has 5 heteroatoms. The number of anilines is 1. The number of carboxylic acid groups (broad SMARTS) is 1. The number of nitrogens with zero attached hydrogens (tertiary/aromatic N) is 1. The summed E-state index contributed by atoms with van der Waals surface area (Å²) in [7, 11) is 0. The summed E-state index contributed by atoms with van der Waals surface area (Å²) in [5.74, 6) is -0.279. The molecule has 1 aromatic heterocycles. The summed E-state index contributed by atoms with van der Waals surface area (Å²) < 4.78 is 5.45. The average Bonchev–Trinajstić information content (AvgIpc) is 2.80. The predicted molar refractivity (Wildman–Crippen MR) is 58.7 cm³/mol. The van der Waals surface area contributed by atoms with Gasteiger partial charge in [0.25, 0.3) is 0 Å². The average molecular weight is 222 g/mol. The third-order valence-corrected chi connectivity index (χ3v) is 2.55. The van der Waals surface area contributed by atoms with Crippen LogP contribution in [-0.4, -0.2) is 35.3 Å². The molecular formula is C11H14N2O3. The molecule has 0 bridgehead atoms. The lowest BCUT2D eigenvalue weighted by Crippen LogP contribution is -2.18. The summed E-state index contributed by atoms with van der Waals surface area (Å²) in [5, 5.41) is 11.8. The molecule has 16 heavy (non-hydrogen) atoms. The standard InChI is InChI=1S/C11H14N2O3/c14-11(15)8-3-4-10(12-6-8)13-7-9-2-1-5-16-9/h3-4,6,9H,1-2,5,7H2,(H,12,13)(H,14,15)/t9-/m0/s1. The lowest BCUT2D eigenvalue weighted by atomic mass is 10.2. The molecule has 1 aliphatic heterocycles. The van der Waals surface area contributed by atoms with Gasteiger partial charge in [-0.1, -0.05) is 0 Å². The van der Waals surface area contributed by atoms with Crippen molar-refractivity contribution in [3.05, 3.63) is 23.9 Å². The van der Waals surface area contributed by atoms with Crippen LogP contribution in [0.1, 0.15) is 23.2 Å². The van der Waals surface area contributed by atoms with Crippen LogP contribution in [0.2, 0.25) is 0 Å². The van der Waals surface area contributed by atoms with Gasteiger partial charge in [-0.2, -0.15) is 0 Å². The van der Waals surface area contributed by atoms with E-state index in [9.17, 15) is 4.79 Å². The normalized spacial score (nSPS) is 19.6. The molecule has 0 aliphatic carbocycles. The third-order valence-electron chi connectivity index (χ3n) is 2.55. The van der Waals surface area contributed by atoms with Gasteiger partial charge in [-0.15, -0.1) is 0 Å². The molecular weight excluding hydrogens is 208 g/mol. The van der Waals surface area contributed by atoms with Crippen LogP contribution in [0.4, 0.5) is 5.82 Å². The molecule has 0 saturated carbocycles.